The Hall–Kier alpha value is -2.62. The van der Waals surface area contributed by atoms with Gasteiger partial charge in [-0.1, -0.05) is 67.6 Å². The lowest BCUT2D eigenvalue weighted by Crippen LogP contribution is -2.34. The van der Waals surface area contributed by atoms with Crippen molar-refractivity contribution < 1.29 is 14.7 Å². The molecule has 0 aliphatic carbocycles. The number of carbonyl (C=O) groups excluding carboxylic acids is 1. The second-order valence-electron chi connectivity index (χ2n) is 7.48. The van der Waals surface area contributed by atoms with E-state index in [1.54, 1.807) is 4.90 Å². The van der Waals surface area contributed by atoms with Crippen LogP contribution in [0.1, 0.15) is 36.8 Å². The van der Waals surface area contributed by atoms with E-state index in [4.69, 9.17) is 0 Å². The van der Waals surface area contributed by atoms with E-state index in [1.807, 2.05) is 55.5 Å². The van der Waals surface area contributed by atoms with Crippen LogP contribution >= 0.6 is 0 Å². The number of carboxylic acids is 1. The Bertz CT molecular complexity index is 760. The van der Waals surface area contributed by atoms with Gasteiger partial charge in [-0.05, 0) is 30.4 Å². The van der Waals surface area contributed by atoms with Crippen molar-refractivity contribution >= 4 is 11.9 Å². The van der Waals surface area contributed by atoms with Crippen molar-refractivity contribution in [3.8, 4) is 0 Å². The molecule has 4 nitrogen and oxygen atoms in total. The molecule has 1 amide bonds. The van der Waals surface area contributed by atoms with Crippen LogP contribution in [0.4, 0.5) is 0 Å². The van der Waals surface area contributed by atoms with E-state index in [-0.39, 0.29) is 17.7 Å². The van der Waals surface area contributed by atoms with Crippen molar-refractivity contribution in [1.29, 1.82) is 0 Å². The lowest BCUT2D eigenvalue weighted by molar-refractivity contribution is -0.142. The van der Waals surface area contributed by atoms with E-state index in [1.165, 1.54) is 5.56 Å². The van der Waals surface area contributed by atoms with Gasteiger partial charge in [0.1, 0.15) is 0 Å². The Morgan fingerprint density at radius 2 is 1.67 bits per heavy atom. The van der Waals surface area contributed by atoms with Crippen molar-refractivity contribution in [2.75, 3.05) is 13.1 Å². The van der Waals surface area contributed by atoms with Crippen LogP contribution in [0.25, 0.3) is 0 Å². The molecule has 1 aliphatic rings. The van der Waals surface area contributed by atoms with E-state index in [0.29, 0.717) is 13.1 Å². The molecule has 0 bridgehead atoms. The molecule has 1 saturated heterocycles. The van der Waals surface area contributed by atoms with Crippen molar-refractivity contribution in [2.24, 2.45) is 11.8 Å². The first-order valence-electron chi connectivity index (χ1n) is 9.66. The summed E-state index contributed by atoms with van der Waals surface area (Å²) in [7, 11) is 0. The molecule has 27 heavy (non-hydrogen) atoms. The van der Waals surface area contributed by atoms with E-state index in [2.05, 4.69) is 12.1 Å². The standard InChI is InChI=1S/C23H27NO3/c1-17(9-8-12-18-10-4-2-5-11-18)22(25)24-15-20(21(16-24)23(26)27)19-13-6-3-7-14-19/h2-7,10-11,13-14,17,20-21H,8-9,12,15-16H2,1H3,(H,26,27)/t17?,20-,21-/m0/s1. The molecule has 1 N–H and O–H groups in total. The second-order valence-corrected chi connectivity index (χ2v) is 7.48. The largest absolute Gasteiger partial charge is 0.481 e. The summed E-state index contributed by atoms with van der Waals surface area (Å²) in [6, 6.07) is 20.0. The summed E-state index contributed by atoms with van der Waals surface area (Å²) < 4.78 is 0. The molecule has 0 saturated carbocycles. The van der Waals surface area contributed by atoms with Gasteiger partial charge in [0.25, 0.3) is 0 Å². The highest BCUT2D eigenvalue weighted by atomic mass is 16.4. The van der Waals surface area contributed by atoms with E-state index >= 15 is 0 Å². The van der Waals surface area contributed by atoms with E-state index in [0.717, 1.165) is 24.8 Å². The fourth-order valence-electron chi connectivity index (χ4n) is 3.96. The predicted octanol–water partition coefficient (Wildman–Crippen LogP) is 3.97. The number of aryl methyl sites for hydroxylation is 1. The molecule has 142 valence electrons. The predicted molar refractivity (Wildman–Crippen MR) is 105 cm³/mol. The van der Waals surface area contributed by atoms with Gasteiger partial charge >= 0.3 is 5.97 Å². The van der Waals surface area contributed by atoms with Crippen molar-refractivity contribution in [3.05, 3.63) is 71.8 Å². The van der Waals surface area contributed by atoms with Gasteiger partial charge in [-0.2, -0.15) is 0 Å². The van der Waals surface area contributed by atoms with E-state index < -0.39 is 11.9 Å². The second kappa shape index (κ2) is 8.85. The zero-order valence-electron chi connectivity index (χ0n) is 15.8. The number of benzene rings is 2. The first-order chi connectivity index (χ1) is 13.1. The molecule has 1 fully saturated rings. The third kappa shape index (κ3) is 4.76. The van der Waals surface area contributed by atoms with Crippen LogP contribution in [0.15, 0.2) is 60.7 Å². The van der Waals surface area contributed by atoms with Gasteiger partial charge in [-0.15, -0.1) is 0 Å². The minimum atomic E-state index is -0.823. The number of aliphatic carboxylic acids is 1. The molecule has 0 spiro atoms. The Morgan fingerprint density at radius 1 is 1.04 bits per heavy atom. The zero-order valence-corrected chi connectivity index (χ0v) is 15.8. The fourth-order valence-corrected chi connectivity index (χ4v) is 3.96. The highest BCUT2D eigenvalue weighted by Crippen LogP contribution is 2.34. The van der Waals surface area contributed by atoms with Gasteiger partial charge in [0.05, 0.1) is 5.92 Å². The smallest absolute Gasteiger partial charge is 0.308 e. The summed E-state index contributed by atoms with van der Waals surface area (Å²) in [4.78, 5) is 26.3. The number of carbonyl (C=O) groups is 2. The number of likely N-dealkylation sites (tertiary alicyclic amines) is 1. The van der Waals surface area contributed by atoms with Gasteiger partial charge in [0, 0.05) is 24.9 Å². The van der Waals surface area contributed by atoms with Gasteiger partial charge < -0.3 is 10.0 Å². The Morgan fingerprint density at radius 3 is 2.30 bits per heavy atom. The van der Waals surface area contributed by atoms with Crippen LogP contribution in [0.3, 0.4) is 0 Å². The number of hydrogen-bond donors (Lipinski definition) is 1. The highest BCUT2D eigenvalue weighted by molar-refractivity contribution is 5.81. The summed E-state index contributed by atoms with van der Waals surface area (Å²) in [5, 5.41) is 9.61. The molecular formula is C23H27NO3. The molecule has 1 aliphatic heterocycles. The molecule has 2 aromatic carbocycles. The molecule has 1 unspecified atom stereocenters. The van der Waals surface area contributed by atoms with Crippen molar-refractivity contribution in [1.82, 2.24) is 4.90 Å². The molecule has 2 aromatic rings. The number of nitrogens with zero attached hydrogens (tertiary/aromatic N) is 1. The summed E-state index contributed by atoms with van der Waals surface area (Å²) in [6.45, 7) is 2.75. The Labute approximate surface area is 160 Å². The summed E-state index contributed by atoms with van der Waals surface area (Å²) >= 11 is 0. The minimum Gasteiger partial charge on any atom is -0.481 e. The highest BCUT2D eigenvalue weighted by Gasteiger charge is 2.41. The van der Waals surface area contributed by atoms with Crippen LogP contribution in [0.2, 0.25) is 0 Å². The van der Waals surface area contributed by atoms with Gasteiger partial charge in [0.15, 0.2) is 0 Å². The van der Waals surface area contributed by atoms with Gasteiger partial charge in [-0.3, -0.25) is 9.59 Å². The first-order valence-corrected chi connectivity index (χ1v) is 9.66. The molecule has 4 heteroatoms. The van der Waals surface area contributed by atoms with Crippen LogP contribution < -0.4 is 0 Å². The molecule has 0 radical (unpaired) electrons. The summed E-state index contributed by atoms with van der Waals surface area (Å²) in [6.07, 6.45) is 2.73. The average Bonchev–Trinajstić information content (AvgIpc) is 3.14. The normalized spacial score (nSPS) is 20.4. The maximum absolute atomic E-state index is 12.9. The van der Waals surface area contributed by atoms with Gasteiger partial charge in [-0.25, -0.2) is 0 Å². The average molecular weight is 365 g/mol. The first kappa shape index (κ1) is 19.2. The number of rotatable bonds is 7. The Kier molecular flexibility index (Phi) is 6.28. The molecule has 1 heterocycles. The SMILES string of the molecule is CC(CCCc1ccccc1)C(=O)N1C[C@H](C(=O)O)[C@H](c2ccccc2)C1. The molecule has 0 aromatic heterocycles. The lowest BCUT2D eigenvalue weighted by Gasteiger charge is -2.21. The van der Waals surface area contributed by atoms with E-state index in [9.17, 15) is 14.7 Å². The maximum Gasteiger partial charge on any atom is 0.308 e. The number of carboxylic acid groups (broad SMARTS) is 1. The summed E-state index contributed by atoms with van der Waals surface area (Å²) in [5.41, 5.74) is 2.28. The number of amides is 1. The third-order valence-corrected chi connectivity index (χ3v) is 5.54. The Balaban J connectivity index is 1.58. The third-order valence-electron chi connectivity index (χ3n) is 5.54. The topological polar surface area (TPSA) is 57.6 Å². The lowest BCUT2D eigenvalue weighted by atomic mass is 9.89. The zero-order chi connectivity index (χ0) is 19.2. The molecular weight excluding hydrogens is 338 g/mol. The maximum atomic E-state index is 12.9. The van der Waals surface area contributed by atoms with Crippen molar-refractivity contribution in [2.45, 2.75) is 32.1 Å². The fraction of sp³-hybridized carbons (Fsp3) is 0.391. The monoisotopic (exact) mass is 365 g/mol. The van der Waals surface area contributed by atoms with Crippen LogP contribution in [0.5, 0.6) is 0 Å². The van der Waals surface area contributed by atoms with Crippen molar-refractivity contribution in [3.63, 3.8) is 0 Å². The van der Waals surface area contributed by atoms with Gasteiger partial charge in [0.2, 0.25) is 5.91 Å². The van der Waals surface area contributed by atoms with Crippen LogP contribution in [-0.4, -0.2) is 35.0 Å². The minimum absolute atomic E-state index is 0.0766. The van der Waals surface area contributed by atoms with Crippen LogP contribution in [0, 0.1) is 11.8 Å². The molecule has 3 atom stereocenters. The quantitative estimate of drug-likeness (QED) is 0.808. The molecule has 3 rings (SSSR count). The summed E-state index contributed by atoms with van der Waals surface area (Å²) in [5.74, 6) is -1.50. The number of hydrogen-bond acceptors (Lipinski definition) is 2. The van der Waals surface area contributed by atoms with Crippen LogP contribution in [-0.2, 0) is 16.0 Å².